The molecule has 0 fully saturated rings. The summed E-state index contributed by atoms with van der Waals surface area (Å²) >= 11 is 2.23. The molecule has 0 unspecified atom stereocenters. The van der Waals surface area contributed by atoms with Gasteiger partial charge in [0.15, 0.2) is 0 Å². The van der Waals surface area contributed by atoms with E-state index in [1.54, 1.807) is 10.7 Å². The quantitative estimate of drug-likeness (QED) is 0.729. The smallest absolute Gasteiger partial charge is 0.126 e. The van der Waals surface area contributed by atoms with Crippen LogP contribution in [0.25, 0.3) is 5.52 Å². The molecule has 0 aliphatic carbocycles. The van der Waals surface area contributed by atoms with Crippen molar-refractivity contribution < 1.29 is 0 Å². The first-order valence-electron chi connectivity index (χ1n) is 3.16. The van der Waals surface area contributed by atoms with E-state index >= 15 is 0 Å². The first-order chi connectivity index (χ1) is 5.27. The van der Waals surface area contributed by atoms with Crippen molar-refractivity contribution in [3.63, 3.8) is 0 Å². The molecule has 0 amide bonds. The van der Waals surface area contributed by atoms with Crippen molar-refractivity contribution in [3.8, 4) is 0 Å². The van der Waals surface area contributed by atoms with Crippen LogP contribution in [0.4, 0.5) is 5.82 Å². The third-order valence-electron chi connectivity index (χ3n) is 1.49. The van der Waals surface area contributed by atoms with Crippen LogP contribution in [0.2, 0.25) is 0 Å². The Hall–Kier alpha value is -0.780. The summed E-state index contributed by atoms with van der Waals surface area (Å²) in [4.78, 5) is 0. The fraction of sp³-hybridized carbons (Fsp3) is 0. The normalized spacial score (nSPS) is 10.6. The molecule has 0 bridgehead atoms. The molecule has 0 aliphatic heterocycles. The number of halogens is 1. The van der Waals surface area contributed by atoms with E-state index in [1.807, 2.05) is 18.2 Å². The molecule has 0 radical (unpaired) electrons. The van der Waals surface area contributed by atoms with Crippen molar-refractivity contribution in [3.05, 3.63) is 28.0 Å². The summed E-state index contributed by atoms with van der Waals surface area (Å²) in [6, 6.07) is 5.85. The van der Waals surface area contributed by atoms with Gasteiger partial charge in [-0.05, 0) is 40.8 Å². The van der Waals surface area contributed by atoms with E-state index in [1.165, 1.54) is 0 Å². The van der Waals surface area contributed by atoms with Crippen molar-refractivity contribution >= 4 is 33.9 Å². The summed E-state index contributed by atoms with van der Waals surface area (Å²) < 4.78 is 2.84. The van der Waals surface area contributed by atoms with Gasteiger partial charge in [0, 0.05) is 3.57 Å². The van der Waals surface area contributed by atoms with Gasteiger partial charge in [0.05, 0.1) is 11.7 Å². The molecule has 0 aliphatic rings. The van der Waals surface area contributed by atoms with E-state index < -0.39 is 0 Å². The Bertz CT molecular complexity index is 393. The van der Waals surface area contributed by atoms with Crippen molar-refractivity contribution in [2.45, 2.75) is 0 Å². The molecule has 2 aromatic heterocycles. The minimum Gasteiger partial charge on any atom is -0.384 e. The monoisotopic (exact) mass is 259 g/mol. The second-order valence-electron chi connectivity index (χ2n) is 2.27. The largest absolute Gasteiger partial charge is 0.384 e. The van der Waals surface area contributed by atoms with E-state index in [4.69, 9.17) is 5.73 Å². The van der Waals surface area contributed by atoms with Crippen LogP contribution in [0.3, 0.4) is 0 Å². The summed E-state index contributed by atoms with van der Waals surface area (Å²) in [5, 5.41) is 4.05. The molecule has 4 heteroatoms. The third-order valence-corrected chi connectivity index (χ3v) is 2.11. The third kappa shape index (κ3) is 1.07. The second kappa shape index (κ2) is 2.37. The number of hydrogen-bond donors (Lipinski definition) is 1. The Labute approximate surface area is 77.3 Å². The number of fused-ring (bicyclic) bond motifs is 1. The molecule has 0 spiro atoms. The number of rotatable bonds is 0. The second-order valence-corrected chi connectivity index (χ2v) is 3.51. The van der Waals surface area contributed by atoms with Gasteiger partial charge in [0.1, 0.15) is 5.82 Å². The highest BCUT2D eigenvalue weighted by molar-refractivity contribution is 14.1. The number of nitrogen functional groups attached to an aromatic ring is 1. The summed E-state index contributed by atoms with van der Waals surface area (Å²) in [7, 11) is 0. The average molecular weight is 259 g/mol. The number of nitrogens with zero attached hydrogens (tertiary/aromatic N) is 2. The van der Waals surface area contributed by atoms with Crippen LogP contribution in [-0.4, -0.2) is 9.61 Å². The molecule has 2 aromatic rings. The Morgan fingerprint density at radius 1 is 1.45 bits per heavy atom. The minimum atomic E-state index is 0.678. The van der Waals surface area contributed by atoms with E-state index in [0.717, 1.165) is 9.09 Å². The topological polar surface area (TPSA) is 43.3 Å². The van der Waals surface area contributed by atoms with Gasteiger partial charge < -0.3 is 5.73 Å². The average Bonchev–Trinajstić information content (AvgIpc) is 2.34. The maximum Gasteiger partial charge on any atom is 0.126 e. The van der Waals surface area contributed by atoms with Crippen molar-refractivity contribution in [2.24, 2.45) is 0 Å². The zero-order chi connectivity index (χ0) is 7.84. The van der Waals surface area contributed by atoms with Crippen LogP contribution >= 0.6 is 22.6 Å². The van der Waals surface area contributed by atoms with E-state index in [9.17, 15) is 0 Å². The summed E-state index contributed by atoms with van der Waals surface area (Å²) in [5.74, 6) is 0.678. The van der Waals surface area contributed by atoms with Crippen LogP contribution in [0.5, 0.6) is 0 Å². The number of nitrogens with two attached hydrogens (primary N) is 1. The lowest BCUT2D eigenvalue weighted by Crippen LogP contribution is -1.97. The highest BCUT2D eigenvalue weighted by Gasteiger charge is 1.97. The van der Waals surface area contributed by atoms with Crippen LogP contribution in [-0.2, 0) is 0 Å². The molecule has 11 heavy (non-hydrogen) atoms. The number of aromatic nitrogens is 2. The molecule has 0 saturated carbocycles. The molecule has 2 rings (SSSR count). The Balaban J connectivity index is 2.91. The van der Waals surface area contributed by atoms with Gasteiger partial charge in [-0.2, -0.15) is 5.10 Å². The minimum absolute atomic E-state index is 0.678. The van der Waals surface area contributed by atoms with E-state index in [2.05, 4.69) is 27.7 Å². The molecule has 56 valence electrons. The standard InChI is InChI=1S/C7H6IN3/c8-5-3-6-1-2-10-11(6)7(9)4-5/h1-4H,9H2. The van der Waals surface area contributed by atoms with Gasteiger partial charge in [-0.15, -0.1) is 0 Å². The zero-order valence-corrected chi connectivity index (χ0v) is 7.82. The molecular weight excluding hydrogens is 253 g/mol. The predicted molar refractivity (Wildman–Crippen MR) is 52.3 cm³/mol. The van der Waals surface area contributed by atoms with E-state index in [-0.39, 0.29) is 0 Å². The number of pyridine rings is 1. The van der Waals surface area contributed by atoms with Gasteiger partial charge in [-0.3, -0.25) is 0 Å². The van der Waals surface area contributed by atoms with Crippen LogP contribution in [0, 0.1) is 3.57 Å². The van der Waals surface area contributed by atoms with Crippen LogP contribution in [0.15, 0.2) is 24.4 Å². The molecule has 2 heterocycles. The maximum atomic E-state index is 5.70. The number of anilines is 1. The Morgan fingerprint density at radius 2 is 2.27 bits per heavy atom. The highest BCUT2D eigenvalue weighted by atomic mass is 127. The van der Waals surface area contributed by atoms with Gasteiger partial charge >= 0.3 is 0 Å². The van der Waals surface area contributed by atoms with Gasteiger partial charge in [-0.1, -0.05) is 0 Å². The lowest BCUT2D eigenvalue weighted by atomic mass is 10.4. The van der Waals surface area contributed by atoms with Crippen LogP contribution < -0.4 is 5.73 Å². The van der Waals surface area contributed by atoms with Gasteiger partial charge in [0.25, 0.3) is 0 Å². The molecule has 3 nitrogen and oxygen atoms in total. The van der Waals surface area contributed by atoms with Gasteiger partial charge in [0.2, 0.25) is 0 Å². The maximum absolute atomic E-state index is 5.70. The summed E-state index contributed by atoms with van der Waals surface area (Å²) in [6.45, 7) is 0. The van der Waals surface area contributed by atoms with E-state index in [0.29, 0.717) is 5.82 Å². The van der Waals surface area contributed by atoms with Gasteiger partial charge in [-0.25, -0.2) is 4.52 Å². The van der Waals surface area contributed by atoms with Crippen molar-refractivity contribution in [1.29, 1.82) is 0 Å². The SMILES string of the molecule is Nc1cc(I)cc2ccnn12. The lowest BCUT2D eigenvalue weighted by Gasteiger charge is -1.98. The summed E-state index contributed by atoms with van der Waals surface area (Å²) in [5.41, 5.74) is 6.73. The summed E-state index contributed by atoms with van der Waals surface area (Å²) in [6.07, 6.45) is 1.74. The van der Waals surface area contributed by atoms with Crippen molar-refractivity contribution in [2.75, 3.05) is 5.73 Å². The van der Waals surface area contributed by atoms with Crippen LogP contribution in [0.1, 0.15) is 0 Å². The fourth-order valence-electron chi connectivity index (χ4n) is 1.02. The Morgan fingerprint density at radius 3 is 3.09 bits per heavy atom. The molecule has 0 atom stereocenters. The fourth-order valence-corrected chi connectivity index (χ4v) is 1.66. The molecular formula is C7H6IN3. The number of hydrogen-bond acceptors (Lipinski definition) is 2. The molecule has 2 N–H and O–H groups in total. The van der Waals surface area contributed by atoms with Crippen molar-refractivity contribution in [1.82, 2.24) is 9.61 Å². The molecule has 0 saturated heterocycles. The zero-order valence-electron chi connectivity index (χ0n) is 5.66. The predicted octanol–water partition coefficient (Wildman–Crippen LogP) is 1.52. The Kier molecular flexibility index (Phi) is 1.49. The lowest BCUT2D eigenvalue weighted by molar-refractivity contribution is 0.972. The first-order valence-corrected chi connectivity index (χ1v) is 4.24. The first kappa shape index (κ1) is 6.90. The molecule has 0 aromatic carbocycles. The highest BCUT2D eigenvalue weighted by Crippen LogP contribution is 2.13.